The Morgan fingerprint density at radius 3 is 2.31 bits per heavy atom. The fourth-order valence-corrected chi connectivity index (χ4v) is 10.0. The highest BCUT2D eigenvalue weighted by atomic mass is 127. The normalized spacial score (nSPS) is 25.3. The third kappa shape index (κ3) is 5.99. The number of carbonyl (C=O) groups excluding carboxylic acids is 4. The number of benzene rings is 3. The number of anilines is 2. The Morgan fingerprint density at radius 2 is 1.69 bits per heavy atom. The lowest BCUT2D eigenvalue weighted by Gasteiger charge is -2.50. The lowest BCUT2D eigenvalue weighted by molar-refractivity contribution is -0.384. The minimum Gasteiger partial charge on any atom is -0.504 e. The van der Waals surface area contributed by atoms with Crippen LogP contribution in [0.1, 0.15) is 35.4 Å². The van der Waals surface area contributed by atoms with Crippen LogP contribution < -0.4 is 15.1 Å². The molecule has 19 heteroatoms. The Labute approximate surface area is 350 Å². The number of allylic oxidation sites excluding steroid dienone is 2. The number of pyridine rings is 1. The number of alkyl halides is 3. The molecule has 6 unspecified atom stereocenters. The second kappa shape index (κ2) is 14.2. The number of nitrogens with zero attached hydrogens (tertiary/aromatic N) is 4. The number of phenolic OH excluding ortho intramolecular Hbond substituents is 1. The van der Waals surface area contributed by atoms with E-state index < -0.39 is 86.1 Å². The molecule has 58 heavy (non-hydrogen) atoms. The molecule has 4 aliphatic rings. The number of nitrogens with one attached hydrogen (secondary N) is 1. The van der Waals surface area contributed by atoms with E-state index in [4.69, 9.17) is 27.9 Å². The van der Waals surface area contributed by atoms with Crippen molar-refractivity contribution in [2.75, 3.05) is 17.4 Å². The fourth-order valence-electron chi connectivity index (χ4n) is 9.05. The molecule has 2 aliphatic carbocycles. The zero-order valence-corrected chi connectivity index (χ0v) is 33.3. The van der Waals surface area contributed by atoms with Crippen molar-refractivity contribution in [1.29, 1.82) is 0 Å². The lowest BCUT2D eigenvalue weighted by atomic mass is 9.49. The zero-order valence-electron chi connectivity index (χ0n) is 29.7. The van der Waals surface area contributed by atoms with Crippen LogP contribution in [0, 0.1) is 37.4 Å². The van der Waals surface area contributed by atoms with E-state index in [0.29, 0.717) is 42.6 Å². The number of phenols is 1. The summed E-state index contributed by atoms with van der Waals surface area (Å²) in [6, 6.07) is 15.0. The number of ether oxygens (including phenoxy) is 1. The summed E-state index contributed by atoms with van der Waals surface area (Å²) in [5.74, 6) is -8.40. The summed E-state index contributed by atoms with van der Waals surface area (Å²) in [4.78, 5) is 74.4. The quantitative estimate of drug-likeness (QED) is 0.0612. The number of rotatable bonds is 7. The molecule has 0 spiro atoms. The van der Waals surface area contributed by atoms with Gasteiger partial charge in [0.25, 0.3) is 17.5 Å². The van der Waals surface area contributed by atoms with Gasteiger partial charge in [-0.1, -0.05) is 47.0 Å². The van der Waals surface area contributed by atoms with Gasteiger partial charge < -0.3 is 9.84 Å². The molecule has 0 radical (unpaired) electrons. The maximum Gasteiger partial charge on any atom is 0.417 e. The van der Waals surface area contributed by atoms with Gasteiger partial charge in [-0.05, 0) is 94.9 Å². The van der Waals surface area contributed by atoms with Crippen LogP contribution in [-0.2, 0) is 30.8 Å². The number of aromatic hydroxyl groups is 1. The van der Waals surface area contributed by atoms with E-state index in [9.17, 15) is 42.8 Å². The van der Waals surface area contributed by atoms with Gasteiger partial charge in [-0.15, -0.1) is 0 Å². The van der Waals surface area contributed by atoms with Crippen LogP contribution >= 0.6 is 45.8 Å². The van der Waals surface area contributed by atoms with Crippen molar-refractivity contribution in [2.24, 2.45) is 23.7 Å². The SMILES string of the molecule is COc1cc(C2C3=CCC4C(=O)N(c5ccc([N+](=O)[O-])cc5)C(=O)C4C3CC3C(=O)N(Nc4ncc(C(F)(F)F)cc4Cl)C(=O)C32c2ccc(Cl)cc2)cc(I)c1O. The van der Waals surface area contributed by atoms with Crippen molar-refractivity contribution in [3.8, 4) is 11.5 Å². The van der Waals surface area contributed by atoms with E-state index in [-0.39, 0.29) is 35.7 Å². The van der Waals surface area contributed by atoms with E-state index >= 15 is 4.79 Å². The lowest BCUT2D eigenvalue weighted by Crippen LogP contribution is -2.53. The van der Waals surface area contributed by atoms with Crippen LogP contribution in [-0.4, -0.2) is 50.8 Å². The number of hydrogen-bond donors (Lipinski definition) is 2. The molecule has 3 aromatic carbocycles. The van der Waals surface area contributed by atoms with Gasteiger partial charge >= 0.3 is 6.18 Å². The highest BCUT2D eigenvalue weighted by Crippen LogP contribution is 2.64. The van der Waals surface area contributed by atoms with Gasteiger partial charge in [0, 0.05) is 29.3 Å². The van der Waals surface area contributed by atoms with E-state index in [1.807, 2.05) is 22.6 Å². The van der Waals surface area contributed by atoms with Crippen molar-refractivity contribution in [2.45, 2.75) is 30.4 Å². The summed E-state index contributed by atoms with van der Waals surface area (Å²) >= 11 is 14.5. The average molecular weight is 948 g/mol. The summed E-state index contributed by atoms with van der Waals surface area (Å²) in [6.07, 6.45) is -2.56. The first-order chi connectivity index (χ1) is 27.5. The largest absolute Gasteiger partial charge is 0.504 e. The number of aromatic nitrogens is 1. The molecule has 1 aromatic heterocycles. The maximum atomic E-state index is 15.4. The fraction of sp³-hybridized carbons (Fsp3) is 0.256. The molecule has 298 valence electrons. The molecule has 8 rings (SSSR count). The van der Waals surface area contributed by atoms with Crippen molar-refractivity contribution >= 4 is 86.6 Å². The molecule has 2 N–H and O–H groups in total. The molecule has 4 amide bonds. The summed E-state index contributed by atoms with van der Waals surface area (Å²) < 4.78 is 46.4. The molecule has 6 atom stereocenters. The monoisotopic (exact) mass is 947 g/mol. The number of non-ortho nitro benzene ring substituents is 1. The molecule has 13 nitrogen and oxygen atoms in total. The number of imide groups is 2. The summed E-state index contributed by atoms with van der Waals surface area (Å²) in [5.41, 5.74) is 0.785. The molecule has 4 aromatic rings. The summed E-state index contributed by atoms with van der Waals surface area (Å²) in [7, 11) is 1.34. The number of amides is 4. The van der Waals surface area contributed by atoms with Crippen molar-refractivity contribution in [3.63, 3.8) is 0 Å². The Kier molecular flexibility index (Phi) is 9.70. The van der Waals surface area contributed by atoms with Gasteiger partial charge in [-0.3, -0.25) is 39.6 Å². The van der Waals surface area contributed by atoms with E-state index in [2.05, 4.69) is 10.4 Å². The summed E-state index contributed by atoms with van der Waals surface area (Å²) in [6.45, 7) is 0. The highest BCUT2D eigenvalue weighted by Gasteiger charge is 2.70. The molecular weight excluding hydrogens is 921 g/mol. The van der Waals surface area contributed by atoms with Crippen LogP contribution in [0.5, 0.6) is 11.5 Å². The molecule has 0 bridgehead atoms. The number of hydrogen-bond acceptors (Lipinski definition) is 10. The van der Waals surface area contributed by atoms with Gasteiger partial charge in [0.1, 0.15) is 0 Å². The van der Waals surface area contributed by atoms with E-state index in [1.54, 1.807) is 36.4 Å². The number of fused-ring (bicyclic) bond motifs is 4. The van der Waals surface area contributed by atoms with Crippen LogP contribution in [0.15, 0.2) is 84.6 Å². The van der Waals surface area contributed by atoms with Crippen LogP contribution in [0.3, 0.4) is 0 Å². The first kappa shape index (κ1) is 39.6. The molecule has 3 heterocycles. The predicted molar refractivity (Wildman–Crippen MR) is 210 cm³/mol. The van der Waals surface area contributed by atoms with Crippen LogP contribution in [0.4, 0.5) is 30.4 Å². The van der Waals surface area contributed by atoms with Gasteiger partial charge in [0.05, 0.1) is 55.0 Å². The average Bonchev–Trinajstić information content (AvgIpc) is 3.57. The van der Waals surface area contributed by atoms with Crippen molar-refractivity contribution in [3.05, 3.63) is 125 Å². The maximum absolute atomic E-state index is 15.4. The van der Waals surface area contributed by atoms with E-state index in [0.717, 1.165) is 4.90 Å². The number of hydrazine groups is 1. The highest BCUT2D eigenvalue weighted by molar-refractivity contribution is 14.1. The number of methoxy groups -OCH3 is 1. The first-order valence-corrected chi connectivity index (χ1v) is 19.3. The third-order valence-corrected chi connectivity index (χ3v) is 12.8. The smallest absolute Gasteiger partial charge is 0.417 e. The minimum atomic E-state index is -4.78. The zero-order chi connectivity index (χ0) is 41.6. The van der Waals surface area contributed by atoms with Gasteiger partial charge in [-0.2, -0.15) is 18.2 Å². The molecule has 2 saturated heterocycles. The second-order valence-electron chi connectivity index (χ2n) is 14.3. The predicted octanol–water partition coefficient (Wildman–Crippen LogP) is 7.82. The Bertz CT molecular complexity index is 2490. The summed E-state index contributed by atoms with van der Waals surface area (Å²) in [5, 5.41) is 22.7. The third-order valence-electron chi connectivity index (χ3n) is 11.5. The van der Waals surface area contributed by atoms with E-state index in [1.165, 1.54) is 37.4 Å². The molecular formula is C39H27Cl2F3IN5O8. The minimum absolute atomic E-state index is 0.0464. The molecule has 1 saturated carbocycles. The standard InChI is InChI=1S/C39H27Cl2F3IN5O8/c1-58-29-13-17(12-28(45)32(29)51)31-23-10-11-24-30(36(54)48(34(24)52)21-6-8-22(9-7-21)50(56)57)25(23)15-26-35(53)49(37(55)38(26,31)18-2-4-20(40)5-3-18)47-33-27(41)14-19(16-46-33)39(42,43)44/h2-10,12-14,16,24-26,30-31,51H,11,15H2,1H3,(H,46,47). The second-order valence-corrected chi connectivity index (χ2v) is 16.3. The number of carbonyl (C=O) groups is 4. The Morgan fingerprint density at radius 1 is 1.00 bits per heavy atom. The Balaban J connectivity index is 1.32. The van der Waals surface area contributed by atoms with Crippen LogP contribution in [0.25, 0.3) is 0 Å². The van der Waals surface area contributed by atoms with Gasteiger partial charge in [0.15, 0.2) is 17.3 Å². The molecule has 2 aliphatic heterocycles. The molecule has 3 fully saturated rings. The van der Waals surface area contributed by atoms with Crippen LogP contribution in [0.2, 0.25) is 10.0 Å². The first-order valence-electron chi connectivity index (χ1n) is 17.5. The van der Waals surface area contributed by atoms with Crippen molar-refractivity contribution in [1.82, 2.24) is 9.99 Å². The number of nitro benzene ring substituents is 1. The Hall–Kier alpha value is -5.27. The van der Waals surface area contributed by atoms with Gasteiger partial charge in [-0.25, -0.2) is 4.98 Å². The number of halogens is 6. The van der Waals surface area contributed by atoms with Gasteiger partial charge in [0.2, 0.25) is 11.8 Å². The van der Waals surface area contributed by atoms with Crippen molar-refractivity contribution < 1.29 is 47.1 Å². The topological polar surface area (TPSA) is 172 Å². The number of nitro groups is 1.